The number of nitrogen functional groups attached to an aromatic ring is 1. The van der Waals surface area contributed by atoms with Crippen LogP contribution in [0, 0.1) is 0 Å². The summed E-state index contributed by atoms with van der Waals surface area (Å²) < 4.78 is 2.93. The second-order valence-electron chi connectivity index (χ2n) is 2.88. The quantitative estimate of drug-likeness (QED) is 0.778. The van der Waals surface area contributed by atoms with Gasteiger partial charge in [-0.3, -0.25) is 4.68 Å². The number of rotatable bonds is 1. The van der Waals surface area contributed by atoms with Crippen molar-refractivity contribution in [1.82, 2.24) is 9.78 Å². The predicted octanol–water partition coefficient (Wildman–Crippen LogP) is 2.40. The Bertz CT molecular complexity index is 447. The number of anilines is 1. The maximum atomic E-state index is 5.66. The molecule has 0 aliphatic heterocycles. The first-order chi connectivity index (χ1) is 6.22. The highest BCUT2D eigenvalue weighted by atomic mass is 79.9. The molecule has 1 aromatic heterocycles. The van der Waals surface area contributed by atoms with Gasteiger partial charge >= 0.3 is 0 Å². The zero-order valence-electron chi connectivity index (χ0n) is 7.29. The molecule has 0 unspecified atom stereocenters. The minimum atomic E-state index is 0.751. The molecule has 0 aliphatic rings. The Morgan fingerprint density at radius 3 is 3.00 bits per heavy atom. The minimum Gasteiger partial charge on any atom is -0.399 e. The molecule has 0 radical (unpaired) electrons. The number of fused-ring (bicyclic) bond motifs is 1. The molecule has 0 saturated carbocycles. The van der Waals surface area contributed by atoms with Crippen molar-refractivity contribution >= 4 is 32.5 Å². The number of nitrogens with zero attached hydrogens (tertiary/aromatic N) is 2. The van der Waals surface area contributed by atoms with E-state index in [4.69, 9.17) is 5.73 Å². The van der Waals surface area contributed by atoms with Gasteiger partial charge in [0.15, 0.2) is 0 Å². The molecule has 2 aromatic rings. The van der Waals surface area contributed by atoms with E-state index in [9.17, 15) is 0 Å². The van der Waals surface area contributed by atoms with Gasteiger partial charge in [0.1, 0.15) is 4.60 Å². The number of hydrogen-bond donors (Lipinski definition) is 1. The van der Waals surface area contributed by atoms with E-state index < -0.39 is 0 Å². The van der Waals surface area contributed by atoms with Gasteiger partial charge in [0.2, 0.25) is 0 Å². The van der Waals surface area contributed by atoms with Crippen molar-refractivity contribution in [3.63, 3.8) is 0 Å². The first-order valence-corrected chi connectivity index (χ1v) is 4.93. The van der Waals surface area contributed by atoms with Crippen LogP contribution >= 0.6 is 15.9 Å². The molecule has 68 valence electrons. The average molecular weight is 240 g/mol. The van der Waals surface area contributed by atoms with Gasteiger partial charge in [-0.1, -0.05) is 0 Å². The average Bonchev–Trinajstić information content (AvgIpc) is 2.42. The smallest absolute Gasteiger partial charge is 0.111 e. The van der Waals surface area contributed by atoms with Crippen LogP contribution in [0.25, 0.3) is 10.9 Å². The van der Waals surface area contributed by atoms with E-state index in [0.717, 1.165) is 27.7 Å². The zero-order valence-corrected chi connectivity index (χ0v) is 8.87. The van der Waals surface area contributed by atoms with Crippen molar-refractivity contribution in [2.24, 2.45) is 0 Å². The van der Waals surface area contributed by atoms with E-state index in [0.29, 0.717) is 0 Å². The Morgan fingerprint density at radius 2 is 2.31 bits per heavy atom. The van der Waals surface area contributed by atoms with Crippen molar-refractivity contribution < 1.29 is 0 Å². The number of halogens is 1. The first kappa shape index (κ1) is 8.56. The fourth-order valence-corrected chi connectivity index (χ4v) is 1.99. The molecule has 4 heteroatoms. The van der Waals surface area contributed by atoms with Crippen LogP contribution in [0.1, 0.15) is 6.92 Å². The van der Waals surface area contributed by atoms with Crippen LogP contribution in [-0.2, 0) is 6.54 Å². The van der Waals surface area contributed by atoms with E-state index in [1.165, 1.54) is 0 Å². The second-order valence-corrected chi connectivity index (χ2v) is 3.63. The Labute approximate surface area is 84.7 Å². The largest absolute Gasteiger partial charge is 0.399 e. The monoisotopic (exact) mass is 239 g/mol. The topological polar surface area (TPSA) is 43.8 Å². The highest BCUT2D eigenvalue weighted by Crippen LogP contribution is 2.24. The standard InChI is InChI=1S/C9H10BrN3/c1-2-13-9(10)7-4-3-6(11)5-8(7)12-13/h3-5H,2,11H2,1H3. The fourth-order valence-electron chi connectivity index (χ4n) is 1.33. The number of aromatic nitrogens is 2. The molecular formula is C9H10BrN3. The highest BCUT2D eigenvalue weighted by Gasteiger charge is 2.06. The molecule has 3 nitrogen and oxygen atoms in total. The van der Waals surface area contributed by atoms with Crippen molar-refractivity contribution in [3.8, 4) is 0 Å². The van der Waals surface area contributed by atoms with Gasteiger partial charge in [-0.2, -0.15) is 5.10 Å². The van der Waals surface area contributed by atoms with Gasteiger partial charge in [-0.25, -0.2) is 0 Å². The maximum absolute atomic E-state index is 5.66. The van der Waals surface area contributed by atoms with E-state index in [2.05, 4.69) is 28.0 Å². The molecule has 0 fully saturated rings. The lowest BCUT2D eigenvalue weighted by Gasteiger charge is -1.94. The van der Waals surface area contributed by atoms with E-state index in [1.807, 2.05) is 22.9 Å². The SMILES string of the molecule is CCn1nc2cc(N)ccc2c1Br. The van der Waals surface area contributed by atoms with E-state index in [-0.39, 0.29) is 0 Å². The lowest BCUT2D eigenvalue weighted by molar-refractivity contribution is 0.653. The normalized spacial score (nSPS) is 10.9. The molecule has 0 saturated heterocycles. The Hall–Kier alpha value is -1.03. The molecule has 1 heterocycles. The summed E-state index contributed by atoms with van der Waals surface area (Å²) in [5.74, 6) is 0. The molecule has 0 bridgehead atoms. The maximum Gasteiger partial charge on any atom is 0.111 e. The summed E-state index contributed by atoms with van der Waals surface area (Å²) in [5, 5.41) is 5.49. The lowest BCUT2D eigenvalue weighted by atomic mass is 10.2. The van der Waals surface area contributed by atoms with E-state index >= 15 is 0 Å². The summed E-state index contributed by atoms with van der Waals surface area (Å²) in [7, 11) is 0. The van der Waals surface area contributed by atoms with Gasteiger partial charge in [0.05, 0.1) is 5.52 Å². The third-order valence-electron chi connectivity index (χ3n) is 2.00. The van der Waals surface area contributed by atoms with Crippen LogP contribution in [-0.4, -0.2) is 9.78 Å². The summed E-state index contributed by atoms with van der Waals surface area (Å²) in [5.41, 5.74) is 7.35. The van der Waals surface area contributed by atoms with Crippen LogP contribution < -0.4 is 5.73 Å². The number of hydrogen-bond acceptors (Lipinski definition) is 2. The number of benzene rings is 1. The van der Waals surface area contributed by atoms with Gasteiger partial charge in [-0.05, 0) is 41.1 Å². The fraction of sp³-hybridized carbons (Fsp3) is 0.222. The van der Waals surface area contributed by atoms with Gasteiger partial charge in [0, 0.05) is 17.6 Å². The molecular weight excluding hydrogens is 230 g/mol. The van der Waals surface area contributed by atoms with Crippen LogP contribution in [0.3, 0.4) is 0 Å². The molecule has 1 aromatic carbocycles. The third-order valence-corrected chi connectivity index (χ3v) is 2.84. The van der Waals surface area contributed by atoms with Crippen molar-refractivity contribution in [1.29, 1.82) is 0 Å². The predicted molar refractivity (Wildman–Crippen MR) is 57.5 cm³/mol. The summed E-state index contributed by atoms with van der Waals surface area (Å²) in [6, 6.07) is 5.74. The zero-order chi connectivity index (χ0) is 9.42. The van der Waals surface area contributed by atoms with Crippen LogP contribution in [0.15, 0.2) is 22.8 Å². The Balaban J connectivity index is 2.76. The van der Waals surface area contributed by atoms with Crippen molar-refractivity contribution in [2.45, 2.75) is 13.5 Å². The summed E-state index contributed by atoms with van der Waals surface area (Å²) in [6.45, 7) is 2.91. The highest BCUT2D eigenvalue weighted by molar-refractivity contribution is 9.10. The van der Waals surface area contributed by atoms with Gasteiger partial charge in [0.25, 0.3) is 0 Å². The molecule has 0 atom stereocenters. The third kappa shape index (κ3) is 1.31. The van der Waals surface area contributed by atoms with Crippen molar-refractivity contribution in [3.05, 3.63) is 22.8 Å². The second kappa shape index (κ2) is 3.03. The molecule has 0 spiro atoms. The molecule has 0 aliphatic carbocycles. The van der Waals surface area contributed by atoms with Gasteiger partial charge < -0.3 is 5.73 Å². The minimum absolute atomic E-state index is 0.751. The van der Waals surface area contributed by atoms with Gasteiger partial charge in [-0.15, -0.1) is 0 Å². The van der Waals surface area contributed by atoms with Crippen LogP contribution in [0.5, 0.6) is 0 Å². The number of aryl methyl sites for hydroxylation is 1. The summed E-state index contributed by atoms with van der Waals surface area (Å²) in [6.07, 6.45) is 0. The van der Waals surface area contributed by atoms with Crippen LogP contribution in [0.4, 0.5) is 5.69 Å². The summed E-state index contributed by atoms with van der Waals surface area (Å²) >= 11 is 3.50. The Morgan fingerprint density at radius 1 is 1.54 bits per heavy atom. The molecule has 13 heavy (non-hydrogen) atoms. The summed E-state index contributed by atoms with van der Waals surface area (Å²) in [4.78, 5) is 0. The number of nitrogens with two attached hydrogens (primary N) is 1. The van der Waals surface area contributed by atoms with Crippen molar-refractivity contribution in [2.75, 3.05) is 5.73 Å². The Kier molecular flexibility index (Phi) is 2.00. The lowest BCUT2D eigenvalue weighted by Crippen LogP contribution is -1.95. The first-order valence-electron chi connectivity index (χ1n) is 4.14. The molecule has 0 amide bonds. The van der Waals surface area contributed by atoms with E-state index in [1.54, 1.807) is 0 Å². The van der Waals surface area contributed by atoms with Crippen LogP contribution in [0.2, 0.25) is 0 Å². The molecule has 2 rings (SSSR count). The molecule has 2 N–H and O–H groups in total.